The third kappa shape index (κ3) is 1.75. The number of halogens is 4. The number of hydrogen-bond donors (Lipinski definition) is 0. The van der Waals surface area contributed by atoms with Crippen molar-refractivity contribution in [2.75, 3.05) is 0 Å². The fourth-order valence-electron chi connectivity index (χ4n) is 1.00. The molecule has 0 aliphatic rings. The van der Waals surface area contributed by atoms with Gasteiger partial charge in [0.05, 0.1) is 5.56 Å². The molecule has 1 aromatic rings. The zero-order valence-corrected chi connectivity index (χ0v) is 7.08. The maximum Gasteiger partial charge on any atom is 0.418 e. The van der Waals surface area contributed by atoms with Crippen molar-refractivity contribution in [2.45, 2.75) is 12.1 Å². The van der Waals surface area contributed by atoms with Gasteiger partial charge < -0.3 is 4.57 Å². The lowest BCUT2D eigenvalue weighted by Crippen LogP contribution is -2.05. The average molecular weight is 198 g/mol. The van der Waals surface area contributed by atoms with Crippen LogP contribution in [0.2, 0.25) is 0 Å². The van der Waals surface area contributed by atoms with Gasteiger partial charge in [-0.15, -0.1) is 11.6 Å². The van der Waals surface area contributed by atoms with Crippen molar-refractivity contribution < 1.29 is 13.2 Å². The molecule has 0 radical (unpaired) electrons. The smallest absolute Gasteiger partial charge is 0.356 e. The first-order valence-electron chi connectivity index (χ1n) is 3.23. The Balaban J connectivity index is 3.13. The Bertz CT molecular complexity index is 277. The van der Waals surface area contributed by atoms with Crippen LogP contribution in [-0.4, -0.2) is 4.57 Å². The molecule has 0 bridgehead atoms. The summed E-state index contributed by atoms with van der Waals surface area (Å²) in [5.41, 5.74) is -0.535. The third-order valence-corrected chi connectivity index (χ3v) is 1.78. The Labute approximate surface area is 72.7 Å². The topological polar surface area (TPSA) is 4.93 Å². The standard InChI is InChI=1S/C7H7ClF3N/c1-12-3-5(2-8)6(4-12)7(9,10)11/h3-4H,2H2,1H3. The van der Waals surface area contributed by atoms with E-state index in [1.807, 2.05) is 0 Å². The minimum atomic E-state index is -4.30. The van der Waals surface area contributed by atoms with E-state index in [4.69, 9.17) is 11.6 Å². The largest absolute Gasteiger partial charge is 0.418 e. The van der Waals surface area contributed by atoms with Crippen molar-refractivity contribution in [3.8, 4) is 0 Å². The van der Waals surface area contributed by atoms with Gasteiger partial charge in [-0.25, -0.2) is 0 Å². The van der Waals surface area contributed by atoms with E-state index in [1.165, 1.54) is 17.8 Å². The summed E-state index contributed by atoms with van der Waals surface area (Å²) in [5, 5.41) is 0. The summed E-state index contributed by atoms with van der Waals surface area (Å²) in [6.07, 6.45) is -1.90. The Morgan fingerprint density at radius 3 is 2.33 bits per heavy atom. The molecule has 0 fully saturated rings. The van der Waals surface area contributed by atoms with Crippen molar-refractivity contribution in [1.82, 2.24) is 4.57 Å². The predicted octanol–water partition coefficient (Wildman–Crippen LogP) is 2.78. The SMILES string of the molecule is Cn1cc(CCl)c(C(F)(F)F)c1. The minimum Gasteiger partial charge on any atom is -0.356 e. The van der Waals surface area contributed by atoms with Gasteiger partial charge in [-0.2, -0.15) is 13.2 Å². The van der Waals surface area contributed by atoms with Crippen molar-refractivity contribution in [3.63, 3.8) is 0 Å². The molecule has 0 saturated heterocycles. The first-order chi connectivity index (χ1) is 5.45. The fourth-order valence-corrected chi connectivity index (χ4v) is 1.21. The second-order valence-electron chi connectivity index (χ2n) is 2.49. The second-order valence-corrected chi connectivity index (χ2v) is 2.76. The highest BCUT2D eigenvalue weighted by atomic mass is 35.5. The fraction of sp³-hybridized carbons (Fsp3) is 0.429. The quantitative estimate of drug-likeness (QED) is 0.610. The van der Waals surface area contributed by atoms with Gasteiger partial charge >= 0.3 is 6.18 Å². The lowest BCUT2D eigenvalue weighted by Gasteiger charge is -2.04. The molecule has 0 saturated carbocycles. The summed E-state index contributed by atoms with van der Waals surface area (Å²) in [5.74, 6) is -0.115. The van der Waals surface area contributed by atoms with Crippen molar-refractivity contribution in [2.24, 2.45) is 7.05 Å². The number of aryl methyl sites for hydroxylation is 1. The summed E-state index contributed by atoms with van der Waals surface area (Å²) < 4.78 is 37.9. The van der Waals surface area contributed by atoms with Crippen LogP contribution in [0.3, 0.4) is 0 Å². The molecule has 12 heavy (non-hydrogen) atoms. The van der Waals surface area contributed by atoms with E-state index in [9.17, 15) is 13.2 Å². The third-order valence-electron chi connectivity index (χ3n) is 1.49. The van der Waals surface area contributed by atoms with Crippen molar-refractivity contribution >= 4 is 11.6 Å². The highest BCUT2D eigenvalue weighted by Gasteiger charge is 2.34. The summed E-state index contributed by atoms with van der Waals surface area (Å²) in [4.78, 5) is 0. The number of aromatic nitrogens is 1. The van der Waals surface area contributed by atoms with E-state index in [0.29, 0.717) is 0 Å². The molecule has 0 spiro atoms. The summed E-state index contributed by atoms with van der Waals surface area (Å²) in [6.45, 7) is 0. The Kier molecular flexibility index (Phi) is 2.37. The molecule has 5 heteroatoms. The molecule has 0 unspecified atom stereocenters. The van der Waals surface area contributed by atoms with Crippen LogP contribution in [-0.2, 0) is 19.1 Å². The average Bonchev–Trinajstić information content (AvgIpc) is 2.29. The monoisotopic (exact) mass is 197 g/mol. The molecule has 0 N–H and O–H groups in total. The molecule has 0 atom stereocenters. The van der Waals surface area contributed by atoms with Gasteiger partial charge in [-0.3, -0.25) is 0 Å². The van der Waals surface area contributed by atoms with E-state index < -0.39 is 11.7 Å². The normalized spacial score (nSPS) is 12.1. The van der Waals surface area contributed by atoms with Gasteiger partial charge in [0.2, 0.25) is 0 Å². The van der Waals surface area contributed by atoms with Crippen LogP contribution in [0, 0.1) is 0 Å². The van der Waals surface area contributed by atoms with Crippen LogP contribution in [0.4, 0.5) is 13.2 Å². The molecule has 0 amide bonds. The van der Waals surface area contributed by atoms with Crippen LogP contribution in [0.25, 0.3) is 0 Å². The first kappa shape index (κ1) is 9.45. The number of alkyl halides is 4. The van der Waals surface area contributed by atoms with Gasteiger partial charge in [0.15, 0.2) is 0 Å². The summed E-state index contributed by atoms with van der Waals surface area (Å²) in [6, 6.07) is 0. The molecular formula is C7H7ClF3N. The summed E-state index contributed by atoms with van der Waals surface area (Å²) >= 11 is 5.34. The predicted molar refractivity (Wildman–Crippen MR) is 40.0 cm³/mol. The van der Waals surface area contributed by atoms with Crippen LogP contribution in [0.5, 0.6) is 0 Å². The number of nitrogens with zero attached hydrogens (tertiary/aromatic N) is 1. The highest BCUT2D eigenvalue weighted by Crippen LogP contribution is 2.32. The molecule has 0 aromatic carbocycles. The molecule has 1 heterocycles. The summed E-state index contributed by atoms with van der Waals surface area (Å²) in [7, 11) is 1.53. The van der Waals surface area contributed by atoms with E-state index in [2.05, 4.69) is 0 Å². The molecule has 68 valence electrons. The lowest BCUT2D eigenvalue weighted by atomic mass is 10.2. The van der Waals surface area contributed by atoms with Gasteiger partial charge in [-0.1, -0.05) is 0 Å². The molecule has 1 rings (SSSR count). The van der Waals surface area contributed by atoms with Crippen LogP contribution < -0.4 is 0 Å². The van der Waals surface area contributed by atoms with E-state index in [-0.39, 0.29) is 11.4 Å². The zero-order valence-electron chi connectivity index (χ0n) is 6.32. The highest BCUT2D eigenvalue weighted by molar-refractivity contribution is 6.17. The van der Waals surface area contributed by atoms with E-state index in [0.717, 1.165) is 6.20 Å². The van der Waals surface area contributed by atoms with E-state index >= 15 is 0 Å². The lowest BCUT2D eigenvalue weighted by molar-refractivity contribution is -0.138. The Morgan fingerprint density at radius 1 is 1.42 bits per heavy atom. The molecule has 0 aliphatic heterocycles. The van der Waals surface area contributed by atoms with Crippen LogP contribution in [0.15, 0.2) is 12.4 Å². The molecular weight excluding hydrogens is 191 g/mol. The zero-order chi connectivity index (χ0) is 9.35. The minimum absolute atomic E-state index is 0.115. The van der Waals surface area contributed by atoms with Crippen molar-refractivity contribution in [1.29, 1.82) is 0 Å². The molecule has 1 nitrogen and oxygen atoms in total. The van der Waals surface area contributed by atoms with Gasteiger partial charge in [0.1, 0.15) is 0 Å². The van der Waals surface area contributed by atoms with Gasteiger partial charge in [0.25, 0.3) is 0 Å². The number of hydrogen-bond acceptors (Lipinski definition) is 0. The van der Waals surface area contributed by atoms with Crippen molar-refractivity contribution in [3.05, 3.63) is 23.5 Å². The van der Waals surface area contributed by atoms with Crippen LogP contribution in [0.1, 0.15) is 11.1 Å². The molecule has 0 aliphatic carbocycles. The van der Waals surface area contributed by atoms with Gasteiger partial charge in [0, 0.05) is 25.3 Å². The Morgan fingerprint density at radius 2 is 2.00 bits per heavy atom. The maximum absolute atomic E-state index is 12.2. The van der Waals surface area contributed by atoms with Gasteiger partial charge in [-0.05, 0) is 5.56 Å². The first-order valence-corrected chi connectivity index (χ1v) is 3.76. The Hall–Kier alpha value is -0.640. The maximum atomic E-state index is 12.2. The molecule has 1 aromatic heterocycles. The van der Waals surface area contributed by atoms with Crippen LogP contribution >= 0.6 is 11.6 Å². The number of rotatable bonds is 1. The second kappa shape index (κ2) is 3.01. The van der Waals surface area contributed by atoms with E-state index in [1.54, 1.807) is 0 Å².